The van der Waals surface area contributed by atoms with Crippen molar-refractivity contribution in [3.8, 4) is 0 Å². The number of nitrogens with zero attached hydrogens (tertiary/aromatic N) is 1. The van der Waals surface area contributed by atoms with Gasteiger partial charge in [-0.2, -0.15) is 4.99 Å². The third-order valence-electron chi connectivity index (χ3n) is 1.11. The van der Waals surface area contributed by atoms with Crippen molar-refractivity contribution in [2.24, 2.45) is 4.99 Å². The van der Waals surface area contributed by atoms with E-state index in [-0.39, 0.29) is 6.04 Å². The predicted molar refractivity (Wildman–Crippen MR) is 35.4 cm³/mol. The Morgan fingerprint density at radius 2 is 1.90 bits per heavy atom. The second-order valence-corrected chi connectivity index (χ2v) is 1.80. The number of aliphatic imine (C=N–C) groups is 1. The molecule has 58 valence electrons. The summed E-state index contributed by atoms with van der Waals surface area (Å²) in [6.07, 6.45) is 0.975. The van der Waals surface area contributed by atoms with Crippen LogP contribution in [0, 0.1) is 0 Å². The first-order chi connectivity index (χ1) is 4.76. The quantitative estimate of drug-likeness (QED) is 0.325. The summed E-state index contributed by atoms with van der Waals surface area (Å²) in [6, 6.07) is -0.299. The van der Waals surface area contributed by atoms with Gasteiger partial charge in [0.05, 0.1) is 0 Å². The molecule has 10 heavy (non-hydrogen) atoms. The third kappa shape index (κ3) is 2.73. The van der Waals surface area contributed by atoms with Crippen molar-refractivity contribution in [3.05, 3.63) is 0 Å². The summed E-state index contributed by atoms with van der Waals surface area (Å²) in [5, 5.41) is 0. The smallest absolute Gasteiger partial charge is 0.235 e. The van der Waals surface area contributed by atoms with E-state index in [1.807, 2.05) is 0 Å². The monoisotopic (exact) mass is 145 g/mol. The molecule has 4 heteroatoms. The molecule has 0 aromatic carbocycles. The van der Waals surface area contributed by atoms with Gasteiger partial charge in [-0.05, 0) is 6.92 Å². The molecule has 0 radical (unpaired) electrons. The van der Waals surface area contributed by atoms with Crippen LogP contribution in [0.5, 0.6) is 0 Å². The zero-order chi connectivity index (χ0) is 7.98. The van der Waals surface area contributed by atoms with Gasteiger partial charge in [-0.15, -0.1) is 0 Å². The molecule has 0 saturated heterocycles. The maximum absolute atomic E-state index is 9.75. The Bertz CT molecular complexity index is 127. The number of hydrogen-bond donors (Lipinski definition) is 0. The number of methoxy groups -OCH3 is 2. The average Bonchev–Trinajstić information content (AvgIpc) is 1.91. The van der Waals surface area contributed by atoms with Crippen LogP contribution in [0.15, 0.2) is 4.99 Å². The maximum Gasteiger partial charge on any atom is 0.235 e. The number of isocyanates is 1. The molecule has 0 heterocycles. The molecule has 0 bridgehead atoms. The van der Waals surface area contributed by atoms with Gasteiger partial charge < -0.3 is 9.47 Å². The van der Waals surface area contributed by atoms with Crippen molar-refractivity contribution in [2.75, 3.05) is 14.2 Å². The summed E-state index contributed by atoms with van der Waals surface area (Å²) in [5.74, 6) is 0. The van der Waals surface area contributed by atoms with Crippen molar-refractivity contribution >= 4 is 6.08 Å². The summed E-state index contributed by atoms with van der Waals surface area (Å²) < 4.78 is 9.64. The Balaban J connectivity index is 3.87. The molecule has 0 aliphatic rings. The summed E-state index contributed by atoms with van der Waals surface area (Å²) in [7, 11) is 2.98. The molecule has 0 amide bonds. The van der Waals surface area contributed by atoms with Crippen LogP contribution < -0.4 is 0 Å². The molecule has 0 aromatic rings. The van der Waals surface area contributed by atoms with Crippen LogP contribution in [0.4, 0.5) is 0 Å². The van der Waals surface area contributed by atoms with Crippen LogP contribution in [0.25, 0.3) is 0 Å². The van der Waals surface area contributed by atoms with E-state index in [0.29, 0.717) is 0 Å². The van der Waals surface area contributed by atoms with Crippen LogP contribution in [-0.2, 0) is 14.3 Å². The van der Waals surface area contributed by atoms with Gasteiger partial charge in [0.15, 0.2) is 6.29 Å². The molecule has 4 nitrogen and oxygen atoms in total. The lowest BCUT2D eigenvalue weighted by molar-refractivity contribution is -0.112. The van der Waals surface area contributed by atoms with E-state index >= 15 is 0 Å². The lowest BCUT2D eigenvalue weighted by Gasteiger charge is -2.15. The molecule has 0 saturated carbocycles. The standard InChI is InChI=1S/C6H11NO3/c1-5(7-4-8)6(9-2)10-3/h5-6H,1-3H3. The summed E-state index contributed by atoms with van der Waals surface area (Å²) in [6.45, 7) is 1.71. The minimum atomic E-state index is -0.457. The van der Waals surface area contributed by atoms with Gasteiger partial charge in [-0.3, -0.25) is 0 Å². The van der Waals surface area contributed by atoms with Gasteiger partial charge in [0, 0.05) is 14.2 Å². The van der Waals surface area contributed by atoms with Gasteiger partial charge >= 0.3 is 0 Å². The third-order valence-corrected chi connectivity index (χ3v) is 1.11. The molecule has 0 spiro atoms. The zero-order valence-corrected chi connectivity index (χ0v) is 6.33. The van der Waals surface area contributed by atoms with Crippen LogP contribution >= 0.6 is 0 Å². The molecule has 0 aliphatic heterocycles. The fourth-order valence-electron chi connectivity index (χ4n) is 0.634. The highest BCUT2D eigenvalue weighted by atomic mass is 16.7. The van der Waals surface area contributed by atoms with Gasteiger partial charge in [0.2, 0.25) is 6.08 Å². The van der Waals surface area contributed by atoms with E-state index in [1.54, 1.807) is 6.92 Å². The number of hydrogen-bond acceptors (Lipinski definition) is 4. The van der Waals surface area contributed by atoms with E-state index in [9.17, 15) is 4.79 Å². The van der Waals surface area contributed by atoms with Gasteiger partial charge in [-0.1, -0.05) is 0 Å². The Hall–Kier alpha value is -0.700. The summed E-state index contributed by atoms with van der Waals surface area (Å²) >= 11 is 0. The van der Waals surface area contributed by atoms with Gasteiger partial charge in [-0.25, -0.2) is 4.79 Å². The van der Waals surface area contributed by atoms with E-state index in [2.05, 4.69) is 4.99 Å². The number of ether oxygens (including phenoxy) is 2. The van der Waals surface area contributed by atoms with Crippen LogP contribution in [0.1, 0.15) is 6.92 Å². The van der Waals surface area contributed by atoms with Crippen molar-refractivity contribution in [1.82, 2.24) is 0 Å². The van der Waals surface area contributed by atoms with Crippen LogP contribution in [0.3, 0.4) is 0 Å². The molecular weight excluding hydrogens is 134 g/mol. The van der Waals surface area contributed by atoms with Crippen molar-refractivity contribution < 1.29 is 14.3 Å². The van der Waals surface area contributed by atoms with Crippen LogP contribution in [-0.4, -0.2) is 32.6 Å². The van der Waals surface area contributed by atoms with Crippen molar-refractivity contribution in [1.29, 1.82) is 0 Å². The minimum Gasteiger partial charge on any atom is -0.354 e. The first kappa shape index (κ1) is 9.30. The van der Waals surface area contributed by atoms with E-state index in [1.165, 1.54) is 20.3 Å². The van der Waals surface area contributed by atoms with Gasteiger partial charge in [0.1, 0.15) is 6.04 Å². The average molecular weight is 145 g/mol. The normalized spacial score (nSPS) is 12.8. The topological polar surface area (TPSA) is 47.9 Å². The van der Waals surface area contributed by atoms with E-state index < -0.39 is 6.29 Å². The summed E-state index contributed by atoms with van der Waals surface area (Å²) in [4.78, 5) is 13.2. The molecular formula is C6H11NO3. The van der Waals surface area contributed by atoms with Crippen molar-refractivity contribution in [3.63, 3.8) is 0 Å². The second kappa shape index (κ2) is 5.11. The lowest BCUT2D eigenvalue weighted by Crippen LogP contribution is -2.25. The first-order valence-corrected chi connectivity index (χ1v) is 2.88. The first-order valence-electron chi connectivity index (χ1n) is 2.88. The second-order valence-electron chi connectivity index (χ2n) is 1.80. The van der Waals surface area contributed by atoms with Crippen LogP contribution in [0.2, 0.25) is 0 Å². The Kier molecular flexibility index (Phi) is 4.76. The Morgan fingerprint density at radius 3 is 2.20 bits per heavy atom. The highest BCUT2D eigenvalue weighted by Gasteiger charge is 2.13. The molecule has 0 aromatic heterocycles. The van der Waals surface area contributed by atoms with E-state index in [0.717, 1.165) is 0 Å². The number of rotatable bonds is 4. The minimum absolute atomic E-state index is 0.299. The predicted octanol–water partition coefficient (Wildman–Crippen LogP) is 0.330. The Morgan fingerprint density at radius 1 is 1.40 bits per heavy atom. The lowest BCUT2D eigenvalue weighted by atomic mass is 10.3. The molecule has 0 N–H and O–H groups in total. The Labute approximate surface area is 59.8 Å². The van der Waals surface area contributed by atoms with E-state index in [4.69, 9.17) is 9.47 Å². The highest BCUT2D eigenvalue weighted by molar-refractivity contribution is 5.33. The molecule has 0 rings (SSSR count). The SMILES string of the molecule is COC(OC)C(C)N=C=O. The maximum atomic E-state index is 9.75. The molecule has 0 aliphatic carbocycles. The highest BCUT2D eigenvalue weighted by Crippen LogP contribution is 2.01. The van der Waals surface area contributed by atoms with Crippen molar-refractivity contribution in [2.45, 2.75) is 19.3 Å². The largest absolute Gasteiger partial charge is 0.354 e. The zero-order valence-electron chi connectivity index (χ0n) is 6.33. The fourth-order valence-corrected chi connectivity index (χ4v) is 0.634. The molecule has 0 fully saturated rings. The molecule has 1 atom stereocenters. The molecule has 1 unspecified atom stereocenters. The summed E-state index contributed by atoms with van der Waals surface area (Å²) in [5.41, 5.74) is 0. The fraction of sp³-hybridized carbons (Fsp3) is 0.833. The van der Waals surface area contributed by atoms with Gasteiger partial charge in [0.25, 0.3) is 0 Å². The number of carbonyl (C=O) groups excluding carboxylic acids is 1.